The number of amides is 1. The molecular formula is C29H32Cl3FN2O4. The second kappa shape index (κ2) is 11.8. The fraction of sp³-hybridized carbons (Fsp3) is 0.517. The molecular weight excluding hydrogens is 566 g/mol. The molecule has 3 aliphatic rings. The molecule has 10 heteroatoms. The van der Waals surface area contributed by atoms with Crippen molar-refractivity contribution >= 4 is 46.7 Å². The van der Waals surface area contributed by atoms with E-state index >= 15 is 4.39 Å². The number of nitrogens with zero attached hydrogens (tertiary/aromatic N) is 2. The zero-order valence-corrected chi connectivity index (χ0v) is 24.0. The Morgan fingerprint density at radius 1 is 1.08 bits per heavy atom. The van der Waals surface area contributed by atoms with Gasteiger partial charge in [-0.1, -0.05) is 23.2 Å². The van der Waals surface area contributed by atoms with E-state index in [2.05, 4.69) is 11.8 Å². The summed E-state index contributed by atoms with van der Waals surface area (Å²) in [6.07, 6.45) is 3.93. The molecule has 1 saturated carbocycles. The van der Waals surface area contributed by atoms with Crippen LogP contribution in [0.15, 0.2) is 30.3 Å². The molecule has 2 aromatic rings. The Labute approximate surface area is 243 Å². The van der Waals surface area contributed by atoms with Gasteiger partial charge in [-0.05, 0) is 99.3 Å². The standard InChI is InChI=1S/C29H32Cl3FN2O4/c1-16(19-8-20(30)10-21(31)9-19)34-6-4-17(5-7-34)15-39-27-13-25(33)24(12-23(27)18-2-3-18)28(36)35-14-22(32)11-26(35)29(37)38/h8-10,12-13,16-18,22,26H,2-7,11,14-15H2,1H3,(H,37,38)/t16-,22+,26-/m0/s1. The molecule has 3 atom stereocenters. The summed E-state index contributed by atoms with van der Waals surface area (Å²) in [6, 6.07) is 7.64. The van der Waals surface area contributed by atoms with Gasteiger partial charge in [0.25, 0.3) is 5.91 Å². The van der Waals surface area contributed by atoms with Crippen LogP contribution < -0.4 is 4.74 Å². The van der Waals surface area contributed by atoms with Gasteiger partial charge in [0.1, 0.15) is 17.6 Å². The van der Waals surface area contributed by atoms with Gasteiger partial charge in [0, 0.05) is 28.7 Å². The SMILES string of the molecule is C[C@@H](c1cc(Cl)cc(Cl)c1)N1CCC(COc2cc(F)c(C(=O)N3C[C@H](Cl)C[C@H]3C(=O)O)cc2C2CC2)CC1. The number of carbonyl (C=O) groups excluding carboxylic acids is 1. The van der Waals surface area contributed by atoms with Gasteiger partial charge in [-0.2, -0.15) is 0 Å². The van der Waals surface area contributed by atoms with Crippen LogP contribution in [0.4, 0.5) is 4.39 Å². The van der Waals surface area contributed by atoms with Crippen LogP contribution in [0.25, 0.3) is 0 Å². The molecule has 39 heavy (non-hydrogen) atoms. The van der Waals surface area contributed by atoms with Gasteiger partial charge < -0.3 is 14.7 Å². The van der Waals surface area contributed by atoms with Gasteiger partial charge >= 0.3 is 5.97 Å². The average molecular weight is 598 g/mol. The van der Waals surface area contributed by atoms with Gasteiger partial charge in [-0.3, -0.25) is 9.69 Å². The number of likely N-dealkylation sites (tertiary alicyclic amines) is 2. The van der Waals surface area contributed by atoms with Crippen molar-refractivity contribution in [3.8, 4) is 5.75 Å². The van der Waals surface area contributed by atoms with Crippen molar-refractivity contribution in [2.75, 3.05) is 26.2 Å². The molecule has 0 spiro atoms. The maximum atomic E-state index is 15.2. The minimum absolute atomic E-state index is 0.0788. The van der Waals surface area contributed by atoms with Crippen LogP contribution in [0, 0.1) is 11.7 Å². The zero-order chi connectivity index (χ0) is 27.8. The summed E-state index contributed by atoms with van der Waals surface area (Å²) in [6.45, 7) is 4.51. The molecule has 6 nitrogen and oxygen atoms in total. The van der Waals surface area contributed by atoms with E-state index in [0.29, 0.717) is 28.3 Å². The maximum absolute atomic E-state index is 15.2. The summed E-state index contributed by atoms with van der Waals surface area (Å²) >= 11 is 18.5. The number of halogens is 4. The van der Waals surface area contributed by atoms with Gasteiger partial charge in [0.15, 0.2) is 0 Å². The van der Waals surface area contributed by atoms with Gasteiger partial charge in [-0.25, -0.2) is 9.18 Å². The number of carboxylic acids is 1. The van der Waals surface area contributed by atoms with E-state index in [1.807, 2.05) is 12.1 Å². The predicted molar refractivity (Wildman–Crippen MR) is 150 cm³/mol. The Hall–Kier alpha value is -2.06. The highest BCUT2D eigenvalue weighted by Gasteiger charge is 2.40. The molecule has 2 aliphatic heterocycles. The first-order valence-electron chi connectivity index (χ1n) is 13.4. The molecule has 1 amide bonds. The lowest BCUT2D eigenvalue weighted by atomic mass is 9.95. The van der Waals surface area contributed by atoms with E-state index in [4.69, 9.17) is 39.5 Å². The van der Waals surface area contributed by atoms with Crippen molar-refractivity contribution in [1.82, 2.24) is 9.80 Å². The van der Waals surface area contributed by atoms with Crippen LogP contribution in [0.3, 0.4) is 0 Å². The molecule has 0 aromatic heterocycles. The van der Waals surface area contributed by atoms with Crippen LogP contribution >= 0.6 is 34.8 Å². The van der Waals surface area contributed by atoms with Gasteiger partial charge in [0.2, 0.25) is 0 Å². The highest BCUT2D eigenvalue weighted by atomic mass is 35.5. The number of piperidine rings is 1. The fourth-order valence-corrected chi connectivity index (χ4v) is 6.57. The van der Waals surface area contributed by atoms with Crippen LogP contribution in [0.1, 0.15) is 72.5 Å². The lowest BCUT2D eigenvalue weighted by molar-refractivity contribution is -0.141. The smallest absolute Gasteiger partial charge is 0.326 e. The number of rotatable bonds is 8. The summed E-state index contributed by atoms with van der Waals surface area (Å²) in [5.74, 6) is -1.46. The lowest BCUT2D eigenvalue weighted by Gasteiger charge is -2.36. The van der Waals surface area contributed by atoms with Crippen molar-refractivity contribution < 1.29 is 23.8 Å². The first-order valence-corrected chi connectivity index (χ1v) is 14.6. The van der Waals surface area contributed by atoms with Crippen molar-refractivity contribution in [3.63, 3.8) is 0 Å². The molecule has 0 unspecified atom stereocenters. The molecule has 2 saturated heterocycles. The molecule has 0 bridgehead atoms. The summed E-state index contributed by atoms with van der Waals surface area (Å²) < 4.78 is 21.4. The molecule has 5 rings (SSSR count). The van der Waals surface area contributed by atoms with Crippen molar-refractivity contribution in [2.24, 2.45) is 5.92 Å². The number of carboxylic acid groups (broad SMARTS) is 1. The Bertz CT molecular complexity index is 1230. The van der Waals surface area contributed by atoms with E-state index in [-0.39, 0.29) is 30.5 Å². The minimum Gasteiger partial charge on any atom is -0.493 e. The average Bonchev–Trinajstić information content (AvgIpc) is 3.66. The van der Waals surface area contributed by atoms with Gasteiger partial charge in [-0.15, -0.1) is 11.6 Å². The van der Waals surface area contributed by atoms with E-state index in [9.17, 15) is 14.7 Å². The third-order valence-electron chi connectivity index (χ3n) is 8.18. The molecule has 1 aliphatic carbocycles. The van der Waals surface area contributed by atoms with Gasteiger partial charge in [0.05, 0.1) is 17.5 Å². The Balaban J connectivity index is 1.23. The number of carbonyl (C=O) groups is 2. The van der Waals surface area contributed by atoms with Crippen molar-refractivity contribution in [1.29, 1.82) is 0 Å². The number of alkyl halides is 1. The van der Waals surface area contributed by atoms with Crippen molar-refractivity contribution in [3.05, 3.63) is 62.9 Å². The topological polar surface area (TPSA) is 70.1 Å². The molecule has 1 N–H and O–H groups in total. The van der Waals surface area contributed by atoms with E-state index in [1.165, 1.54) is 11.0 Å². The highest BCUT2D eigenvalue weighted by Crippen LogP contribution is 2.45. The monoisotopic (exact) mass is 596 g/mol. The molecule has 210 valence electrons. The quantitative estimate of drug-likeness (QED) is 0.340. The molecule has 2 aromatic carbocycles. The van der Waals surface area contributed by atoms with Crippen molar-refractivity contribution in [2.45, 2.75) is 62.4 Å². The number of hydrogen-bond donors (Lipinski definition) is 1. The number of ether oxygens (including phenoxy) is 1. The zero-order valence-electron chi connectivity index (χ0n) is 21.7. The van der Waals surface area contributed by atoms with Crippen LogP contribution in [-0.4, -0.2) is 64.4 Å². The fourth-order valence-electron chi connectivity index (χ4n) is 5.71. The number of hydrogen-bond acceptors (Lipinski definition) is 4. The summed E-state index contributed by atoms with van der Waals surface area (Å²) in [4.78, 5) is 28.4. The number of aliphatic carboxylic acids is 1. The Morgan fingerprint density at radius 3 is 2.36 bits per heavy atom. The second-order valence-corrected chi connectivity index (χ2v) is 12.4. The third kappa shape index (κ3) is 6.48. The predicted octanol–water partition coefficient (Wildman–Crippen LogP) is 6.77. The Morgan fingerprint density at radius 2 is 1.74 bits per heavy atom. The molecule has 3 fully saturated rings. The van der Waals surface area contributed by atoms with Crippen LogP contribution in [0.5, 0.6) is 5.75 Å². The first kappa shape index (κ1) is 28.5. The molecule has 0 radical (unpaired) electrons. The Kier molecular flexibility index (Phi) is 8.62. The van der Waals surface area contributed by atoms with Crippen LogP contribution in [0.2, 0.25) is 10.0 Å². The van der Waals surface area contributed by atoms with E-state index < -0.39 is 29.1 Å². The minimum atomic E-state index is -1.13. The summed E-state index contributed by atoms with van der Waals surface area (Å²) in [7, 11) is 0. The lowest BCUT2D eigenvalue weighted by Crippen LogP contribution is -2.41. The summed E-state index contributed by atoms with van der Waals surface area (Å²) in [5.41, 5.74) is 1.79. The first-order chi connectivity index (χ1) is 18.6. The summed E-state index contributed by atoms with van der Waals surface area (Å²) in [5, 5.41) is 10.3. The largest absolute Gasteiger partial charge is 0.493 e. The number of benzene rings is 2. The normalized spacial score (nSPS) is 23.2. The molecule has 2 heterocycles. The maximum Gasteiger partial charge on any atom is 0.326 e. The van der Waals surface area contributed by atoms with E-state index in [1.54, 1.807) is 12.1 Å². The van der Waals surface area contributed by atoms with Crippen LogP contribution in [-0.2, 0) is 4.79 Å². The third-order valence-corrected chi connectivity index (χ3v) is 8.93. The highest BCUT2D eigenvalue weighted by molar-refractivity contribution is 6.34. The second-order valence-electron chi connectivity index (χ2n) is 11.0. The van der Waals surface area contributed by atoms with E-state index in [0.717, 1.165) is 49.9 Å².